The highest BCUT2D eigenvalue weighted by atomic mass is 16.4. The standard InChI is InChI=1S/C11H13BN2O2/c1-9-3-4-10(7-11(9)12(15)16)8-14-6-2-5-13-14/h2-7,15-16H,8H2,1H3. The Bertz CT molecular complexity index is 469. The number of aryl methyl sites for hydroxylation is 1. The maximum Gasteiger partial charge on any atom is 0.488 e. The quantitative estimate of drug-likeness (QED) is 0.705. The number of nitrogens with zero attached hydrogens (tertiary/aromatic N) is 2. The van der Waals surface area contributed by atoms with Crippen molar-refractivity contribution >= 4 is 12.6 Å². The minimum absolute atomic E-state index is 0.546. The van der Waals surface area contributed by atoms with Crippen LogP contribution in [0, 0.1) is 6.92 Å². The van der Waals surface area contributed by atoms with Gasteiger partial charge in [-0.15, -0.1) is 0 Å². The van der Waals surface area contributed by atoms with Crippen LogP contribution in [0.5, 0.6) is 0 Å². The van der Waals surface area contributed by atoms with Crippen LogP contribution in [0.25, 0.3) is 0 Å². The lowest BCUT2D eigenvalue weighted by Gasteiger charge is -2.08. The van der Waals surface area contributed by atoms with E-state index in [1.807, 2.05) is 31.3 Å². The Labute approximate surface area is 94.3 Å². The summed E-state index contributed by atoms with van der Waals surface area (Å²) in [7, 11) is -1.42. The van der Waals surface area contributed by atoms with Gasteiger partial charge in [-0.2, -0.15) is 5.10 Å². The molecule has 0 unspecified atom stereocenters. The van der Waals surface area contributed by atoms with Crippen LogP contribution in [0.3, 0.4) is 0 Å². The molecule has 0 amide bonds. The van der Waals surface area contributed by atoms with Crippen molar-refractivity contribution in [3.8, 4) is 0 Å². The second-order valence-corrected chi connectivity index (χ2v) is 3.77. The highest BCUT2D eigenvalue weighted by Crippen LogP contribution is 2.04. The van der Waals surface area contributed by atoms with Gasteiger partial charge in [0.1, 0.15) is 0 Å². The molecule has 2 aromatic rings. The van der Waals surface area contributed by atoms with Gasteiger partial charge >= 0.3 is 7.12 Å². The van der Waals surface area contributed by atoms with Gasteiger partial charge in [-0.1, -0.05) is 23.8 Å². The molecule has 0 saturated heterocycles. The van der Waals surface area contributed by atoms with Gasteiger partial charge in [-0.25, -0.2) is 0 Å². The van der Waals surface area contributed by atoms with Crippen molar-refractivity contribution in [2.75, 3.05) is 0 Å². The molecule has 2 N–H and O–H groups in total. The molecule has 0 aliphatic heterocycles. The monoisotopic (exact) mass is 216 g/mol. The Morgan fingerprint density at radius 3 is 2.81 bits per heavy atom. The molecule has 82 valence electrons. The van der Waals surface area contributed by atoms with Crippen LogP contribution >= 0.6 is 0 Å². The van der Waals surface area contributed by atoms with Crippen molar-refractivity contribution < 1.29 is 10.0 Å². The zero-order chi connectivity index (χ0) is 11.5. The molecule has 1 aromatic heterocycles. The van der Waals surface area contributed by atoms with Crippen molar-refractivity contribution in [2.45, 2.75) is 13.5 Å². The zero-order valence-electron chi connectivity index (χ0n) is 9.04. The molecule has 0 fully saturated rings. The number of aromatic nitrogens is 2. The van der Waals surface area contributed by atoms with E-state index in [-0.39, 0.29) is 0 Å². The molecule has 2 rings (SSSR count). The van der Waals surface area contributed by atoms with E-state index < -0.39 is 7.12 Å². The van der Waals surface area contributed by atoms with E-state index in [2.05, 4.69) is 5.10 Å². The van der Waals surface area contributed by atoms with Gasteiger partial charge in [0.15, 0.2) is 0 Å². The third-order valence-corrected chi connectivity index (χ3v) is 2.53. The highest BCUT2D eigenvalue weighted by Gasteiger charge is 2.14. The third-order valence-electron chi connectivity index (χ3n) is 2.53. The van der Waals surface area contributed by atoms with Crippen LogP contribution in [-0.4, -0.2) is 26.9 Å². The molecule has 0 spiro atoms. The minimum Gasteiger partial charge on any atom is -0.423 e. The average Bonchev–Trinajstić information content (AvgIpc) is 2.73. The van der Waals surface area contributed by atoms with Crippen LogP contribution < -0.4 is 5.46 Å². The Morgan fingerprint density at radius 1 is 1.38 bits per heavy atom. The average molecular weight is 216 g/mol. The lowest BCUT2D eigenvalue weighted by Crippen LogP contribution is -2.32. The summed E-state index contributed by atoms with van der Waals surface area (Å²) in [6, 6.07) is 7.49. The predicted octanol–water partition coefficient (Wildman–Crippen LogP) is -0.0804. The van der Waals surface area contributed by atoms with Gasteiger partial charge in [-0.05, 0) is 24.0 Å². The number of rotatable bonds is 3. The summed E-state index contributed by atoms with van der Waals surface area (Å²) in [5.41, 5.74) is 2.42. The van der Waals surface area contributed by atoms with Crippen LogP contribution in [0.1, 0.15) is 11.1 Å². The predicted molar refractivity (Wildman–Crippen MR) is 62.3 cm³/mol. The summed E-state index contributed by atoms with van der Waals surface area (Å²) in [5, 5.41) is 22.5. The first-order valence-corrected chi connectivity index (χ1v) is 5.10. The molecular weight excluding hydrogens is 203 g/mol. The summed E-state index contributed by atoms with van der Waals surface area (Å²) >= 11 is 0. The lowest BCUT2D eigenvalue weighted by molar-refractivity contribution is 0.425. The molecule has 16 heavy (non-hydrogen) atoms. The molecular formula is C11H13BN2O2. The summed E-state index contributed by atoms with van der Waals surface area (Å²) in [6.45, 7) is 2.49. The van der Waals surface area contributed by atoms with Gasteiger partial charge in [0.2, 0.25) is 0 Å². The van der Waals surface area contributed by atoms with E-state index in [0.29, 0.717) is 12.0 Å². The largest absolute Gasteiger partial charge is 0.488 e. The fourth-order valence-corrected chi connectivity index (χ4v) is 1.65. The summed E-state index contributed by atoms with van der Waals surface area (Å²) in [4.78, 5) is 0. The first-order chi connectivity index (χ1) is 7.66. The van der Waals surface area contributed by atoms with Crippen molar-refractivity contribution in [3.05, 3.63) is 47.8 Å². The van der Waals surface area contributed by atoms with Crippen molar-refractivity contribution in [3.63, 3.8) is 0 Å². The van der Waals surface area contributed by atoms with Gasteiger partial charge in [0.05, 0.1) is 6.54 Å². The van der Waals surface area contributed by atoms with E-state index in [1.54, 1.807) is 16.9 Å². The Balaban J connectivity index is 2.26. The third kappa shape index (κ3) is 2.32. The van der Waals surface area contributed by atoms with Gasteiger partial charge in [-0.3, -0.25) is 4.68 Å². The molecule has 0 atom stereocenters. The smallest absolute Gasteiger partial charge is 0.423 e. The van der Waals surface area contributed by atoms with Gasteiger partial charge < -0.3 is 10.0 Å². The second kappa shape index (κ2) is 4.51. The van der Waals surface area contributed by atoms with E-state index in [4.69, 9.17) is 0 Å². The first kappa shape index (κ1) is 10.9. The lowest BCUT2D eigenvalue weighted by atomic mass is 9.76. The SMILES string of the molecule is Cc1ccc(Cn2cccn2)cc1B(O)O. The second-order valence-electron chi connectivity index (χ2n) is 3.77. The van der Waals surface area contributed by atoms with Crippen LogP contribution in [0.15, 0.2) is 36.7 Å². The van der Waals surface area contributed by atoms with Gasteiger partial charge in [0.25, 0.3) is 0 Å². The molecule has 0 aliphatic rings. The van der Waals surface area contributed by atoms with Crippen molar-refractivity contribution in [2.24, 2.45) is 0 Å². The molecule has 1 heterocycles. The molecule has 0 radical (unpaired) electrons. The van der Waals surface area contributed by atoms with Crippen LogP contribution in [0.4, 0.5) is 0 Å². The number of hydrogen-bond donors (Lipinski definition) is 2. The normalized spacial score (nSPS) is 10.4. The van der Waals surface area contributed by atoms with E-state index in [9.17, 15) is 10.0 Å². The number of benzene rings is 1. The molecule has 0 aliphatic carbocycles. The maximum absolute atomic E-state index is 9.19. The Hall–Kier alpha value is -1.59. The fourth-order valence-electron chi connectivity index (χ4n) is 1.65. The van der Waals surface area contributed by atoms with E-state index in [1.165, 1.54) is 0 Å². The van der Waals surface area contributed by atoms with E-state index >= 15 is 0 Å². The first-order valence-electron chi connectivity index (χ1n) is 5.10. The topological polar surface area (TPSA) is 58.3 Å². The Morgan fingerprint density at radius 2 is 2.19 bits per heavy atom. The van der Waals surface area contributed by atoms with Crippen LogP contribution in [-0.2, 0) is 6.54 Å². The van der Waals surface area contributed by atoms with Crippen molar-refractivity contribution in [1.29, 1.82) is 0 Å². The molecule has 1 aromatic carbocycles. The minimum atomic E-state index is -1.42. The summed E-state index contributed by atoms with van der Waals surface area (Å²) in [5.74, 6) is 0. The fraction of sp³-hybridized carbons (Fsp3) is 0.182. The van der Waals surface area contributed by atoms with Crippen LogP contribution in [0.2, 0.25) is 0 Å². The highest BCUT2D eigenvalue weighted by molar-refractivity contribution is 6.59. The van der Waals surface area contributed by atoms with Crippen molar-refractivity contribution in [1.82, 2.24) is 9.78 Å². The summed E-state index contributed by atoms with van der Waals surface area (Å²) < 4.78 is 1.79. The maximum atomic E-state index is 9.19. The number of hydrogen-bond acceptors (Lipinski definition) is 3. The van der Waals surface area contributed by atoms with Gasteiger partial charge in [0, 0.05) is 12.4 Å². The Kier molecular flexibility index (Phi) is 3.08. The molecule has 4 nitrogen and oxygen atoms in total. The zero-order valence-corrected chi connectivity index (χ0v) is 9.04. The molecule has 0 bridgehead atoms. The summed E-state index contributed by atoms with van der Waals surface area (Å²) in [6.07, 6.45) is 3.59. The molecule has 0 saturated carbocycles. The van der Waals surface area contributed by atoms with E-state index in [0.717, 1.165) is 11.1 Å². The molecule has 5 heteroatoms.